The molecule has 1 aromatic carbocycles. The molecule has 0 saturated heterocycles. The smallest absolute Gasteiger partial charge is 0.216 e. The van der Waals surface area contributed by atoms with Gasteiger partial charge in [0.15, 0.2) is 5.82 Å². The lowest BCUT2D eigenvalue weighted by Crippen LogP contribution is -2.12. The summed E-state index contributed by atoms with van der Waals surface area (Å²) in [6, 6.07) is 9.01. The summed E-state index contributed by atoms with van der Waals surface area (Å²) >= 11 is 0. The fourth-order valence-electron chi connectivity index (χ4n) is 3.00. The topological polar surface area (TPSA) is 44.2 Å². The molecule has 0 fully saturated rings. The van der Waals surface area contributed by atoms with Crippen LogP contribution in [0.15, 0.2) is 36.5 Å². The van der Waals surface area contributed by atoms with Gasteiger partial charge >= 0.3 is 0 Å². The predicted molar refractivity (Wildman–Crippen MR) is 117 cm³/mol. The summed E-state index contributed by atoms with van der Waals surface area (Å²) in [5.41, 5.74) is 0.829. The quantitative estimate of drug-likeness (QED) is 0.299. The molecule has 30 heavy (non-hydrogen) atoms. The van der Waals surface area contributed by atoms with Gasteiger partial charge in [-0.15, -0.1) is 0 Å². The lowest BCUT2D eigenvalue weighted by atomic mass is 10.1. The van der Waals surface area contributed by atoms with Crippen molar-refractivity contribution in [3.8, 4) is 23.0 Å². The molecule has 2 unspecified atom stereocenters. The molecule has 0 aliphatic carbocycles. The number of rotatable bonds is 15. The van der Waals surface area contributed by atoms with E-state index in [-0.39, 0.29) is 6.61 Å². The lowest BCUT2D eigenvalue weighted by molar-refractivity contribution is 0.184. The maximum atomic E-state index is 13.8. The minimum atomic E-state index is -0.939. The Morgan fingerprint density at radius 2 is 1.60 bits per heavy atom. The number of benzene rings is 1. The van der Waals surface area contributed by atoms with Gasteiger partial charge in [-0.3, -0.25) is 0 Å². The van der Waals surface area contributed by atoms with Crippen LogP contribution in [0.3, 0.4) is 0 Å². The van der Waals surface area contributed by atoms with Gasteiger partial charge in [-0.05, 0) is 56.4 Å². The van der Waals surface area contributed by atoms with Gasteiger partial charge in [0.25, 0.3) is 0 Å². The molecule has 2 aromatic rings. The second kappa shape index (κ2) is 13.9. The van der Waals surface area contributed by atoms with E-state index in [1.165, 1.54) is 0 Å². The molecular weight excluding hydrogens is 386 g/mol. The first-order valence-electron chi connectivity index (χ1n) is 11.1. The first kappa shape index (κ1) is 24.0. The number of hydrogen-bond acceptors (Lipinski definition) is 4. The molecule has 2 rings (SSSR count). The van der Waals surface area contributed by atoms with Crippen LogP contribution in [0.25, 0.3) is 11.4 Å². The van der Waals surface area contributed by atoms with Gasteiger partial charge in [0.05, 0.1) is 12.8 Å². The molecule has 0 saturated carbocycles. The third kappa shape index (κ3) is 9.06. The Kier molecular flexibility index (Phi) is 11.1. The molecular formula is C24H34F2N2O2. The largest absolute Gasteiger partial charge is 0.491 e. The molecule has 0 N–H and O–H groups in total. The summed E-state index contributed by atoms with van der Waals surface area (Å²) in [5.74, 6) is 1.68. The van der Waals surface area contributed by atoms with Crippen LogP contribution in [0.5, 0.6) is 11.6 Å². The second-order valence-electron chi connectivity index (χ2n) is 7.50. The number of nitrogens with zero attached hydrogens (tertiary/aromatic N) is 2. The van der Waals surface area contributed by atoms with Crippen molar-refractivity contribution >= 4 is 0 Å². The van der Waals surface area contributed by atoms with Crippen LogP contribution < -0.4 is 9.47 Å². The molecule has 166 valence electrons. The molecule has 2 atom stereocenters. The van der Waals surface area contributed by atoms with Crippen LogP contribution in [-0.2, 0) is 0 Å². The van der Waals surface area contributed by atoms with Gasteiger partial charge in [-0.2, -0.15) is 4.98 Å². The Hall–Kier alpha value is -2.24. The van der Waals surface area contributed by atoms with E-state index in [0.29, 0.717) is 43.3 Å². The lowest BCUT2D eigenvalue weighted by Gasteiger charge is -2.11. The van der Waals surface area contributed by atoms with Crippen molar-refractivity contribution in [1.29, 1.82) is 0 Å². The monoisotopic (exact) mass is 420 g/mol. The van der Waals surface area contributed by atoms with Crippen molar-refractivity contribution in [3.05, 3.63) is 36.5 Å². The standard InChI is InChI=1S/C24H34F2N2O2/c1-3-5-6-10-21(26)18-30-22-13-11-19(12-14-22)24-27-16-15-23(28-24)29-17-8-7-9-20(25)4-2/h11-16,20-21H,3-10,17-18H2,1-2H3. The first-order chi connectivity index (χ1) is 14.6. The van der Waals surface area contributed by atoms with E-state index >= 15 is 0 Å². The third-order valence-corrected chi connectivity index (χ3v) is 4.90. The molecule has 6 heteroatoms. The minimum Gasteiger partial charge on any atom is -0.491 e. The number of aromatic nitrogens is 2. The summed E-state index contributed by atoms with van der Waals surface area (Å²) in [4.78, 5) is 8.72. The molecule has 0 bridgehead atoms. The number of halogens is 2. The maximum Gasteiger partial charge on any atom is 0.216 e. The van der Waals surface area contributed by atoms with Crippen LogP contribution in [0.4, 0.5) is 8.78 Å². The summed E-state index contributed by atoms with van der Waals surface area (Å²) in [7, 11) is 0. The highest BCUT2D eigenvalue weighted by Gasteiger charge is 2.09. The Morgan fingerprint density at radius 1 is 0.867 bits per heavy atom. The van der Waals surface area contributed by atoms with Crippen LogP contribution in [0.1, 0.15) is 65.2 Å². The number of alkyl halides is 2. The minimum absolute atomic E-state index is 0.0737. The Morgan fingerprint density at radius 3 is 2.33 bits per heavy atom. The van der Waals surface area contributed by atoms with Gasteiger partial charge in [0.1, 0.15) is 18.5 Å². The molecule has 0 radical (unpaired) electrons. The van der Waals surface area contributed by atoms with E-state index < -0.39 is 12.3 Å². The van der Waals surface area contributed by atoms with E-state index in [1.807, 2.05) is 19.1 Å². The summed E-state index contributed by atoms with van der Waals surface area (Å²) in [6.07, 6.45) is 6.29. The molecule has 0 aliphatic rings. The van der Waals surface area contributed by atoms with E-state index in [4.69, 9.17) is 9.47 Å². The molecule has 1 heterocycles. The number of ether oxygens (including phenoxy) is 2. The fraction of sp³-hybridized carbons (Fsp3) is 0.583. The molecule has 0 aliphatic heterocycles. The van der Waals surface area contributed by atoms with Crippen molar-refractivity contribution in [3.63, 3.8) is 0 Å². The van der Waals surface area contributed by atoms with Gasteiger partial charge in [-0.25, -0.2) is 13.8 Å². The van der Waals surface area contributed by atoms with Gasteiger partial charge in [0, 0.05) is 17.8 Å². The van der Waals surface area contributed by atoms with Crippen LogP contribution in [0, 0.1) is 0 Å². The van der Waals surface area contributed by atoms with Crippen LogP contribution >= 0.6 is 0 Å². The molecule has 4 nitrogen and oxygen atoms in total. The summed E-state index contributed by atoms with van der Waals surface area (Å²) in [5, 5.41) is 0. The summed E-state index contributed by atoms with van der Waals surface area (Å²) < 4.78 is 38.3. The second-order valence-corrected chi connectivity index (χ2v) is 7.50. The summed E-state index contributed by atoms with van der Waals surface area (Å²) in [6.45, 7) is 4.54. The Labute approximate surface area is 179 Å². The fourth-order valence-corrected chi connectivity index (χ4v) is 3.00. The highest BCUT2D eigenvalue weighted by atomic mass is 19.1. The van der Waals surface area contributed by atoms with Crippen molar-refractivity contribution < 1.29 is 18.3 Å². The van der Waals surface area contributed by atoms with E-state index in [0.717, 1.165) is 37.7 Å². The zero-order valence-corrected chi connectivity index (χ0v) is 18.2. The molecule has 0 amide bonds. The predicted octanol–water partition coefficient (Wildman–Crippen LogP) is 6.74. The normalized spacial score (nSPS) is 13.1. The van der Waals surface area contributed by atoms with Crippen LogP contribution in [-0.4, -0.2) is 35.5 Å². The first-order valence-corrected chi connectivity index (χ1v) is 11.1. The van der Waals surface area contributed by atoms with Gasteiger partial charge in [0.2, 0.25) is 5.88 Å². The SMILES string of the molecule is CCCCCC(F)COc1ccc(-c2nccc(OCCCCC(F)CC)n2)cc1. The highest BCUT2D eigenvalue weighted by molar-refractivity contribution is 5.56. The molecule has 1 aromatic heterocycles. The van der Waals surface area contributed by atoms with Gasteiger partial charge in [-0.1, -0.05) is 33.1 Å². The zero-order valence-electron chi connectivity index (χ0n) is 18.2. The van der Waals surface area contributed by atoms with E-state index in [1.54, 1.807) is 24.4 Å². The zero-order chi connectivity index (χ0) is 21.6. The number of unbranched alkanes of at least 4 members (excludes halogenated alkanes) is 3. The Balaban J connectivity index is 1.79. The van der Waals surface area contributed by atoms with E-state index in [2.05, 4.69) is 16.9 Å². The average molecular weight is 421 g/mol. The maximum absolute atomic E-state index is 13.8. The third-order valence-electron chi connectivity index (χ3n) is 4.90. The Bertz CT molecular complexity index is 713. The van der Waals surface area contributed by atoms with Crippen molar-refractivity contribution in [2.75, 3.05) is 13.2 Å². The highest BCUT2D eigenvalue weighted by Crippen LogP contribution is 2.21. The molecule has 0 spiro atoms. The van der Waals surface area contributed by atoms with E-state index in [9.17, 15) is 8.78 Å². The van der Waals surface area contributed by atoms with Gasteiger partial charge < -0.3 is 9.47 Å². The van der Waals surface area contributed by atoms with Crippen molar-refractivity contribution in [1.82, 2.24) is 9.97 Å². The van der Waals surface area contributed by atoms with Crippen molar-refractivity contribution in [2.45, 2.75) is 77.6 Å². The average Bonchev–Trinajstić information content (AvgIpc) is 2.78. The van der Waals surface area contributed by atoms with Crippen LogP contribution in [0.2, 0.25) is 0 Å². The number of hydrogen-bond donors (Lipinski definition) is 0. The van der Waals surface area contributed by atoms with Crippen molar-refractivity contribution in [2.24, 2.45) is 0 Å².